The van der Waals surface area contributed by atoms with Gasteiger partial charge in [0.25, 0.3) is 0 Å². The molecule has 1 aromatic heterocycles. The molecule has 0 unspecified atom stereocenters. The molecule has 1 aliphatic rings. The first-order valence-electron chi connectivity index (χ1n) is 7.92. The highest BCUT2D eigenvalue weighted by Crippen LogP contribution is 2.28. The lowest BCUT2D eigenvalue weighted by Gasteiger charge is -2.34. The van der Waals surface area contributed by atoms with E-state index < -0.39 is 0 Å². The zero-order chi connectivity index (χ0) is 13.9. The van der Waals surface area contributed by atoms with Gasteiger partial charge in [-0.1, -0.05) is 37.5 Å². The van der Waals surface area contributed by atoms with E-state index in [0.717, 1.165) is 17.9 Å². The molecule has 1 saturated carbocycles. The number of hydrogen-bond donors (Lipinski definition) is 0. The topological polar surface area (TPSA) is 16.1 Å². The van der Waals surface area contributed by atoms with Crippen LogP contribution in [0.4, 0.5) is 5.82 Å². The van der Waals surface area contributed by atoms with Crippen LogP contribution in [0.5, 0.6) is 0 Å². The second kappa shape index (κ2) is 5.82. The molecule has 2 heteroatoms. The van der Waals surface area contributed by atoms with Crippen LogP contribution in [0.15, 0.2) is 30.3 Å². The van der Waals surface area contributed by atoms with Crippen molar-refractivity contribution in [3.05, 3.63) is 35.9 Å². The van der Waals surface area contributed by atoms with Crippen LogP contribution in [0.3, 0.4) is 0 Å². The Morgan fingerprint density at radius 1 is 1.15 bits per heavy atom. The Hall–Kier alpha value is -1.57. The summed E-state index contributed by atoms with van der Waals surface area (Å²) in [5.41, 5.74) is 2.46. The molecule has 0 bridgehead atoms. The van der Waals surface area contributed by atoms with Gasteiger partial charge in [0, 0.05) is 18.0 Å². The van der Waals surface area contributed by atoms with Gasteiger partial charge >= 0.3 is 0 Å². The van der Waals surface area contributed by atoms with Crippen LogP contribution in [0, 0.1) is 6.92 Å². The summed E-state index contributed by atoms with van der Waals surface area (Å²) in [7, 11) is 0. The highest BCUT2D eigenvalue weighted by Gasteiger charge is 2.21. The number of pyridine rings is 1. The first-order valence-corrected chi connectivity index (χ1v) is 7.92. The summed E-state index contributed by atoms with van der Waals surface area (Å²) >= 11 is 0. The van der Waals surface area contributed by atoms with Crippen molar-refractivity contribution in [2.24, 2.45) is 0 Å². The molecule has 0 aliphatic heterocycles. The molecule has 0 saturated heterocycles. The Labute approximate surface area is 121 Å². The molecule has 0 N–H and O–H groups in total. The summed E-state index contributed by atoms with van der Waals surface area (Å²) < 4.78 is 0. The number of fused-ring (bicyclic) bond motifs is 1. The molecule has 2 nitrogen and oxygen atoms in total. The van der Waals surface area contributed by atoms with E-state index in [9.17, 15) is 0 Å². The van der Waals surface area contributed by atoms with Gasteiger partial charge in [0.1, 0.15) is 5.82 Å². The second-order valence-corrected chi connectivity index (χ2v) is 5.89. The number of hydrogen-bond acceptors (Lipinski definition) is 2. The van der Waals surface area contributed by atoms with Crippen molar-refractivity contribution < 1.29 is 0 Å². The van der Waals surface area contributed by atoms with E-state index in [1.807, 2.05) is 0 Å². The fraction of sp³-hybridized carbons (Fsp3) is 0.500. The Morgan fingerprint density at radius 3 is 2.65 bits per heavy atom. The van der Waals surface area contributed by atoms with E-state index in [-0.39, 0.29) is 0 Å². The number of aryl methyl sites for hydroxylation is 1. The van der Waals surface area contributed by atoms with Crippen LogP contribution in [0.2, 0.25) is 0 Å². The molecule has 0 radical (unpaired) electrons. The minimum absolute atomic E-state index is 0.682. The average Bonchev–Trinajstić information content (AvgIpc) is 2.49. The number of nitrogens with zero attached hydrogens (tertiary/aromatic N) is 2. The first kappa shape index (κ1) is 13.4. The molecule has 3 rings (SSSR count). The van der Waals surface area contributed by atoms with Crippen molar-refractivity contribution in [3.8, 4) is 0 Å². The number of para-hydroxylation sites is 1. The molecular formula is C18H24N2. The standard InChI is InChI=1S/C18H24N2/c1-3-20(15-9-5-4-6-10-15)18-13-14(2)16-11-7-8-12-17(16)19-18/h7-8,11-13,15H,3-6,9-10H2,1-2H3. The maximum atomic E-state index is 4.91. The molecule has 1 aromatic carbocycles. The summed E-state index contributed by atoms with van der Waals surface area (Å²) in [5.74, 6) is 1.16. The van der Waals surface area contributed by atoms with E-state index in [2.05, 4.69) is 49.1 Å². The quantitative estimate of drug-likeness (QED) is 0.802. The smallest absolute Gasteiger partial charge is 0.129 e. The highest BCUT2D eigenvalue weighted by atomic mass is 15.2. The van der Waals surface area contributed by atoms with E-state index >= 15 is 0 Å². The third-order valence-corrected chi connectivity index (χ3v) is 4.56. The largest absolute Gasteiger partial charge is 0.354 e. The van der Waals surface area contributed by atoms with Crippen molar-refractivity contribution in [1.82, 2.24) is 4.98 Å². The van der Waals surface area contributed by atoms with E-state index in [0.29, 0.717) is 6.04 Å². The summed E-state index contributed by atoms with van der Waals surface area (Å²) in [6, 6.07) is 11.4. The van der Waals surface area contributed by atoms with Gasteiger partial charge in [-0.3, -0.25) is 0 Å². The van der Waals surface area contributed by atoms with Gasteiger partial charge in [0.05, 0.1) is 5.52 Å². The normalized spacial score (nSPS) is 16.5. The Bertz CT molecular complexity index is 585. The van der Waals surface area contributed by atoms with Crippen molar-refractivity contribution in [1.29, 1.82) is 0 Å². The second-order valence-electron chi connectivity index (χ2n) is 5.89. The predicted molar refractivity (Wildman–Crippen MR) is 86.4 cm³/mol. The molecule has 0 atom stereocenters. The number of rotatable bonds is 3. The van der Waals surface area contributed by atoms with Gasteiger partial charge < -0.3 is 4.90 Å². The first-order chi connectivity index (χ1) is 9.79. The van der Waals surface area contributed by atoms with Crippen LogP contribution in [-0.2, 0) is 0 Å². The molecule has 0 spiro atoms. The summed E-state index contributed by atoms with van der Waals surface area (Å²) in [4.78, 5) is 7.42. The third kappa shape index (κ3) is 2.52. The van der Waals surface area contributed by atoms with Crippen molar-refractivity contribution in [3.63, 3.8) is 0 Å². The zero-order valence-electron chi connectivity index (χ0n) is 12.6. The number of anilines is 1. The summed E-state index contributed by atoms with van der Waals surface area (Å²) in [6.07, 6.45) is 6.78. The summed E-state index contributed by atoms with van der Waals surface area (Å²) in [6.45, 7) is 5.50. The molecule has 1 aliphatic carbocycles. The van der Waals surface area contributed by atoms with Gasteiger partial charge in [-0.25, -0.2) is 4.98 Å². The van der Waals surface area contributed by atoms with Gasteiger partial charge in [-0.15, -0.1) is 0 Å². The minimum atomic E-state index is 0.682. The zero-order valence-corrected chi connectivity index (χ0v) is 12.6. The Kier molecular flexibility index (Phi) is 3.90. The van der Waals surface area contributed by atoms with Crippen molar-refractivity contribution in [2.75, 3.05) is 11.4 Å². The molecule has 106 valence electrons. The monoisotopic (exact) mass is 268 g/mol. The van der Waals surface area contributed by atoms with E-state index in [1.165, 1.54) is 43.1 Å². The fourth-order valence-electron chi connectivity index (χ4n) is 3.48. The van der Waals surface area contributed by atoms with Gasteiger partial charge in [-0.05, 0) is 44.4 Å². The molecular weight excluding hydrogens is 244 g/mol. The van der Waals surface area contributed by atoms with Crippen molar-refractivity contribution in [2.45, 2.75) is 52.0 Å². The van der Waals surface area contributed by atoms with E-state index in [4.69, 9.17) is 4.98 Å². The van der Waals surface area contributed by atoms with Crippen molar-refractivity contribution >= 4 is 16.7 Å². The van der Waals surface area contributed by atoms with Crippen LogP contribution >= 0.6 is 0 Å². The minimum Gasteiger partial charge on any atom is -0.354 e. The maximum absolute atomic E-state index is 4.91. The van der Waals surface area contributed by atoms with Crippen LogP contribution < -0.4 is 4.90 Å². The molecule has 20 heavy (non-hydrogen) atoms. The summed E-state index contributed by atoms with van der Waals surface area (Å²) in [5, 5.41) is 1.27. The number of benzene rings is 1. The SMILES string of the molecule is CCN(c1cc(C)c2ccccc2n1)C1CCCCC1. The third-order valence-electron chi connectivity index (χ3n) is 4.56. The molecule has 0 amide bonds. The lowest BCUT2D eigenvalue weighted by atomic mass is 9.94. The predicted octanol–water partition coefficient (Wildman–Crippen LogP) is 4.70. The van der Waals surface area contributed by atoms with Gasteiger partial charge in [0.15, 0.2) is 0 Å². The lowest BCUT2D eigenvalue weighted by molar-refractivity contribution is 0.416. The van der Waals surface area contributed by atoms with Crippen LogP contribution in [0.1, 0.15) is 44.6 Å². The highest BCUT2D eigenvalue weighted by molar-refractivity contribution is 5.83. The molecule has 2 aromatic rings. The van der Waals surface area contributed by atoms with Crippen LogP contribution in [-0.4, -0.2) is 17.6 Å². The van der Waals surface area contributed by atoms with Gasteiger partial charge in [-0.2, -0.15) is 0 Å². The maximum Gasteiger partial charge on any atom is 0.129 e. The van der Waals surface area contributed by atoms with Gasteiger partial charge in [0.2, 0.25) is 0 Å². The Morgan fingerprint density at radius 2 is 1.90 bits per heavy atom. The molecule has 1 fully saturated rings. The van der Waals surface area contributed by atoms with Crippen LogP contribution in [0.25, 0.3) is 10.9 Å². The number of aromatic nitrogens is 1. The van der Waals surface area contributed by atoms with E-state index in [1.54, 1.807) is 0 Å². The fourth-order valence-corrected chi connectivity index (χ4v) is 3.48. The molecule has 1 heterocycles. The lowest BCUT2D eigenvalue weighted by Crippen LogP contribution is -2.37. The average molecular weight is 268 g/mol. The Balaban J connectivity index is 1.98.